The summed E-state index contributed by atoms with van der Waals surface area (Å²) in [6, 6.07) is 13.3. The lowest BCUT2D eigenvalue weighted by molar-refractivity contribution is -0.219. The average molecular weight is 374 g/mol. The summed E-state index contributed by atoms with van der Waals surface area (Å²) >= 11 is 0. The summed E-state index contributed by atoms with van der Waals surface area (Å²) in [5.41, 5.74) is 3.34. The first-order valence-electron chi connectivity index (χ1n) is 9.04. The van der Waals surface area contributed by atoms with E-state index in [0.717, 1.165) is 16.7 Å². The molecule has 0 aliphatic carbocycles. The molecule has 6 nitrogen and oxygen atoms in total. The summed E-state index contributed by atoms with van der Waals surface area (Å²) < 4.78 is 11.4. The Kier molecular flexibility index (Phi) is 6.14. The summed E-state index contributed by atoms with van der Waals surface area (Å²) in [6.45, 7) is 1.72. The Labute approximate surface area is 158 Å². The van der Waals surface area contributed by atoms with Crippen LogP contribution < -0.4 is 4.74 Å². The van der Waals surface area contributed by atoms with Crippen molar-refractivity contribution in [3.8, 4) is 16.9 Å². The van der Waals surface area contributed by atoms with Crippen molar-refractivity contribution in [2.24, 2.45) is 0 Å². The number of benzene rings is 2. The lowest BCUT2D eigenvalue weighted by Gasteiger charge is -2.40. The average Bonchev–Trinajstić information content (AvgIpc) is 2.69. The summed E-state index contributed by atoms with van der Waals surface area (Å²) in [7, 11) is 1.55. The minimum Gasteiger partial charge on any atom is -0.496 e. The molecule has 0 aromatic heterocycles. The fourth-order valence-corrected chi connectivity index (χ4v) is 3.57. The summed E-state index contributed by atoms with van der Waals surface area (Å²) in [5, 5.41) is 39.7. The van der Waals surface area contributed by atoms with E-state index in [4.69, 9.17) is 9.47 Å². The van der Waals surface area contributed by atoms with Gasteiger partial charge in [0.25, 0.3) is 0 Å². The van der Waals surface area contributed by atoms with Crippen LogP contribution in [0.25, 0.3) is 11.1 Å². The van der Waals surface area contributed by atoms with Crippen LogP contribution in [0.1, 0.15) is 24.2 Å². The molecule has 1 fully saturated rings. The Balaban J connectivity index is 2.04. The Bertz CT molecular complexity index is 777. The molecule has 0 radical (unpaired) electrons. The minimum atomic E-state index is -1.31. The van der Waals surface area contributed by atoms with E-state index in [1.165, 1.54) is 0 Å². The largest absolute Gasteiger partial charge is 0.496 e. The van der Waals surface area contributed by atoms with E-state index >= 15 is 0 Å². The molecule has 0 spiro atoms. The molecule has 5 atom stereocenters. The number of ether oxygens (including phenoxy) is 2. The van der Waals surface area contributed by atoms with Gasteiger partial charge in [0.2, 0.25) is 0 Å². The van der Waals surface area contributed by atoms with Gasteiger partial charge in [-0.15, -0.1) is 0 Å². The van der Waals surface area contributed by atoms with Crippen LogP contribution in [0.15, 0.2) is 42.5 Å². The van der Waals surface area contributed by atoms with E-state index in [2.05, 4.69) is 0 Å². The number of para-hydroxylation sites is 1. The zero-order valence-electron chi connectivity index (χ0n) is 15.4. The maximum absolute atomic E-state index is 10.5. The Hall–Kier alpha value is -1.96. The summed E-state index contributed by atoms with van der Waals surface area (Å²) in [5.74, 6) is 0.540. The molecule has 4 N–H and O–H groups in total. The third kappa shape index (κ3) is 3.85. The Morgan fingerprint density at radius 2 is 1.74 bits per heavy atom. The third-order valence-electron chi connectivity index (χ3n) is 5.05. The van der Waals surface area contributed by atoms with Crippen molar-refractivity contribution in [1.82, 2.24) is 0 Å². The molecule has 0 unspecified atom stereocenters. The van der Waals surface area contributed by atoms with Gasteiger partial charge in [-0.2, -0.15) is 0 Å². The lowest BCUT2D eigenvalue weighted by Crippen LogP contribution is -2.53. The summed E-state index contributed by atoms with van der Waals surface area (Å²) in [4.78, 5) is 0. The molecule has 6 heteroatoms. The van der Waals surface area contributed by atoms with Crippen LogP contribution in [0.3, 0.4) is 0 Å². The van der Waals surface area contributed by atoms with Crippen molar-refractivity contribution in [2.75, 3.05) is 13.7 Å². The second kappa shape index (κ2) is 8.37. The van der Waals surface area contributed by atoms with Crippen molar-refractivity contribution in [3.63, 3.8) is 0 Å². The first kappa shape index (κ1) is 19.8. The number of methoxy groups -OCH3 is 1. The van der Waals surface area contributed by atoms with Crippen molar-refractivity contribution < 1.29 is 29.9 Å². The molecule has 1 aliphatic rings. The predicted octanol–water partition coefficient (Wildman–Crippen LogP) is 1.44. The van der Waals surface area contributed by atoms with Gasteiger partial charge in [0.15, 0.2) is 0 Å². The van der Waals surface area contributed by atoms with Gasteiger partial charge in [0.05, 0.1) is 13.2 Å². The SMILES string of the molecule is COc1c(-c2cccc(CCO)c2)cccc1[C@H]1O[C@@H](C)[C@@H](O)[C@@H](O)[C@@H]1O. The lowest BCUT2D eigenvalue weighted by atomic mass is 9.89. The highest BCUT2D eigenvalue weighted by atomic mass is 16.5. The van der Waals surface area contributed by atoms with Crippen LogP contribution in [0.4, 0.5) is 0 Å². The van der Waals surface area contributed by atoms with Crippen LogP contribution in [0.5, 0.6) is 5.75 Å². The fraction of sp³-hybridized carbons (Fsp3) is 0.429. The maximum Gasteiger partial charge on any atom is 0.132 e. The second-order valence-corrected chi connectivity index (χ2v) is 6.84. The zero-order valence-corrected chi connectivity index (χ0v) is 15.4. The van der Waals surface area contributed by atoms with Gasteiger partial charge in [-0.1, -0.05) is 42.5 Å². The van der Waals surface area contributed by atoms with Crippen LogP contribution in [0.2, 0.25) is 0 Å². The van der Waals surface area contributed by atoms with E-state index in [0.29, 0.717) is 17.7 Å². The van der Waals surface area contributed by atoms with Gasteiger partial charge in [0.1, 0.15) is 30.2 Å². The van der Waals surface area contributed by atoms with E-state index in [1.54, 1.807) is 20.1 Å². The zero-order chi connectivity index (χ0) is 19.6. The quantitative estimate of drug-likeness (QED) is 0.632. The monoisotopic (exact) mass is 374 g/mol. The highest BCUT2D eigenvalue weighted by Gasteiger charge is 2.43. The van der Waals surface area contributed by atoms with Crippen LogP contribution in [-0.4, -0.2) is 58.6 Å². The molecule has 2 aromatic rings. The fourth-order valence-electron chi connectivity index (χ4n) is 3.57. The topological polar surface area (TPSA) is 99.4 Å². The standard InChI is InChI=1S/C21H26O6/c1-12-17(23)18(24)19(25)21(27-12)16-8-4-7-15(20(16)26-2)14-6-3-5-13(11-14)9-10-22/h3-8,11-12,17-19,21-25H,9-10H2,1-2H3/t12-,17+,18+,19-,21+/m0/s1. The van der Waals surface area contributed by atoms with Crippen molar-refractivity contribution in [1.29, 1.82) is 0 Å². The van der Waals surface area contributed by atoms with E-state index in [9.17, 15) is 20.4 Å². The number of aliphatic hydroxyl groups is 4. The number of hydrogen-bond acceptors (Lipinski definition) is 6. The van der Waals surface area contributed by atoms with Gasteiger partial charge < -0.3 is 29.9 Å². The first-order chi connectivity index (χ1) is 13.0. The predicted molar refractivity (Wildman–Crippen MR) is 101 cm³/mol. The molecule has 1 heterocycles. The van der Waals surface area contributed by atoms with E-state index in [-0.39, 0.29) is 6.61 Å². The number of rotatable bonds is 5. The van der Waals surface area contributed by atoms with Gasteiger partial charge in [-0.25, -0.2) is 0 Å². The third-order valence-corrected chi connectivity index (χ3v) is 5.05. The first-order valence-corrected chi connectivity index (χ1v) is 9.04. The van der Waals surface area contributed by atoms with Gasteiger partial charge in [-0.3, -0.25) is 0 Å². The molecule has 0 bridgehead atoms. The highest BCUT2D eigenvalue weighted by molar-refractivity contribution is 5.73. The van der Waals surface area contributed by atoms with E-state index < -0.39 is 30.5 Å². The molecule has 1 saturated heterocycles. The molecule has 2 aromatic carbocycles. The minimum absolute atomic E-state index is 0.0703. The molecule has 0 amide bonds. The number of hydrogen-bond donors (Lipinski definition) is 4. The number of aliphatic hydroxyl groups excluding tert-OH is 4. The van der Waals surface area contributed by atoms with E-state index in [1.807, 2.05) is 36.4 Å². The normalized spacial score (nSPS) is 28.1. The van der Waals surface area contributed by atoms with Crippen molar-refractivity contribution in [3.05, 3.63) is 53.6 Å². The molecule has 27 heavy (non-hydrogen) atoms. The molecular formula is C21H26O6. The maximum atomic E-state index is 10.5. The van der Waals surface area contributed by atoms with Crippen molar-refractivity contribution >= 4 is 0 Å². The van der Waals surface area contributed by atoms with Crippen molar-refractivity contribution in [2.45, 2.75) is 43.9 Å². The van der Waals surface area contributed by atoms with Crippen LogP contribution >= 0.6 is 0 Å². The molecule has 1 aliphatic heterocycles. The van der Waals surface area contributed by atoms with Gasteiger partial charge >= 0.3 is 0 Å². The highest BCUT2D eigenvalue weighted by Crippen LogP contribution is 2.41. The smallest absolute Gasteiger partial charge is 0.132 e. The molecule has 146 valence electrons. The molecule has 0 saturated carbocycles. The molecular weight excluding hydrogens is 348 g/mol. The van der Waals surface area contributed by atoms with Gasteiger partial charge in [0, 0.05) is 17.7 Å². The van der Waals surface area contributed by atoms with Crippen LogP contribution in [-0.2, 0) is 11.2 Å². The second-order valence-electron chi connectivity index (χ2n) is 6.84. The Morgan fingerprint density at radius 1 is 1.00 bits per heavy atom. The Morgan fingerprint density at radius 3 is 2.44 bits per heavy atom. The van der Waals surface area contributed by atoms with Crippen LogP contribution in [0, 0.1) is 0 Å². The summed E-state index contributed by atoms with van der Waals surface area (Å²) in [6.07, 6.45) is -4.63. The van der Waals surface area contributed by atoms with Gasteiger partial charge in [-0.05, 0) is 24.5 Å². The molecule has 3 rings (SSSR count).